The highest BCUT2D eigenvalue weighted by Gasteiger charge is 2.48. The molecule has 6 atom stereocenters. The van der Waals surface area contributed by atoms with Gasteiger partial charge < -0.3 is 27.8 Å². The molecule has 0 aromatic rings. The Balaban J connectivity index is 1.43. The minimum atomic E-state index is -0.112. The smallest absolute Gasteiger partial charge is 0.237 e. The van der Waals surface area contributed by atoms with E-state index in [-0.39, 0.29) is 47.7 Å². The fraction of sp³-hybridized carbons (Fsp3) is 0.885. The summed E-state index contributed by atoms with van der Waals surface area (Å²) in [6.45, 7) is 1.25. The minimum absolute atomic E-state index is 0.0421. The van der Waals surface area contributed by atoms with E-state index >= 15 is 0 Å². The van der Waals surface area contributed by atoms with Gasteiger partial charge >= 0.3 is 0 Å². The van der Waals surface area contributed by atoms with E-state index in [0.717, 1.165) is 83.6 Å². The van der Waals surface area contributed by atoms with Gasteiger partial charge in [0.1, 0.15) is 0 Å². The molecule has 0 bridgehead atoms. The number of amidine groups is 1. The Bertz CT molecular complexity index is 754. The third-order valence-corrected chi connectivity index (χ3v) is 9.16. The van der Waals surface area contributed by atoms with Crippen LogP contribution >= 0.6 is 0 Å². The molecule has 9 N–H and O–H groups in total. The fourth-order valence-electron chi connectivity index (χ4n) is 7.22. The van der Waals surface area contributed by atoms with Gasteiger partial charge in [-0.15, -0.1) is 0 Å². The Morgan fingerprint density at radius 3 is 2.40 bits per heavy atom. The zero-order chi connectivity index (χ0) is 24.9. The van der Waals surface area contributed by atoms with Gasteiger partial charge in [-0.25, -0.2) is 0 Å². The van der Waals surface area contributed by atoms with Crippen LogP contribution in [-0.2, 0) is 9.59 Å². The maximum atomic E-state index is 13.6. The molecule has 0 aromatic heterocycles. The molecule has 4 aliphatic rings. The average molecular weight is 490 g/mol. The lowest BCUT2D eigenvalue weighted by molar-refractivity contribution is -0.127. The number of amides is 2. The van der Waals surface area contributed by atoms with Gasteiger partial charge in [0.25, 0.3) is 0 Å². The minimum Gasteiger partial charge on any atom is -0.387 e. The van der Waals surface area contributed by atoms with Crippen LogP contribution in [-0.4, -0.2) is 65.8 Å². The first-order valence-electron chi connectivity index (χ1n) is 14.0. The molecule has 1 heterocycles. The van der Waals surface area contributed by atoms with Gasteiger partial charge in [0, 0.05) is 49.6 Å². The number of carbonyl (C=O) groups excluding carboxylic acids is 2. The first-order chi connectivity index (χ1) is 16.8. The van der Waals surface area contributed by atoms with E-state index in [1.165, 1.54) is 0 Å². The normalized spacial score (nSPS) is 37.9. The summed E-state index contributed by atoms with van der Waals surface area (Å²) in [4.78, 5) is 28.1. The molecule has 9 nitrogen and oxygen atoms in total. The lowest BCUT2D eigenvalue weighted by Crippen LogP contribution is -2.52. The molecule has 3 saturated carbocycles. The third-order valence-electron chi connectivity index (χ3n) is 9.16. The zero-order valence-corrected chi connectivity index (χ0v) is 21.2. The van der Waals surface area contributed by atoms with Crippen molar-refractivity contribution in [2.24, 2.45) is 35.0 Å². The van der Waals surface area contributed by atoms with Crippen LogP contribution in [0.25, 0.3) is 0 Å². The second kappa shape index (κ2) is 12.0. The molecule has 0 aromatic carbocycles. The van der Waals surface area contributed by atoms with Crippen molar-refractivity contribution < 1.29 is 9.59 Å². The molecule has 2 amide bonds. The second-order valence-corrected chi connectivity index (χ2v) is 11.7. The number of nitrogens with one attached hydrogen (secondary N) is 3. The lowest BCUT2D eigenvalue weighted by atomic mass is 9.77. The molecule has 35 heavy (non-hydrogen) atoms. The number of likely N-dealkylation sites (tertiary alicyclic amines) is 1. The number of hydrogen-bond acceptors (Lipinski definition) is 6. The molecule has 1 aliphatic heterocycles. The van der Waals surface area contributed by atoms with Crippen LogP contribution in [0.2, 0.25) is 0 Å². The van der Waals surface area contributed by atoms with Crippen molar-refractivity contribution in [3.05, 3.63) is 0 Å². The standard InChI is InChI=1S/C26H47N7O2/c27-11-10-24(34)31-21-3-1-2-16(12-21)15-33-22-14-18(25(29)30)5-4-17(22)13-23(33)26(35)32-20-8-6-19(28)7-9-20/h16-23H,1-15,27-28H2,(H3,29,30)(H,31,34)(H,32,35). The molecule has 198 valence electrons. The summed E-state index contributed by atoms with van der Waals surface area (Å²) in [5.41, 5.74) is 17.5. The Morgan fingerprint density at radius 1 is 0.914 bits per heavy atom. The number of rotatable bonds is 8. The van der Waals surface area contributed by atoms with Gasteiger partial charge in [0.05, 0.1) is 11.9 Å². The van der Waals surface area contributed by atoms with Crippen LogP contribution in [0.4, 0.5) is 0 Å². The summed E-state index contributed by atoms with van der Waals surface area (Å²) in [6, 6.07) is 0.885. The van der Waals surface area contributed by atoms with E-state index < -0.39 is 0 Å². The van der Waals surface area contributed by atoms with Crippen molar-refractivity contribution in [3.8, 4) is 0 Å². The molecule has 1 saturated heterocycles. The van der Waals surface area contributed by atoms with Crippen LogP contribution < -0.4 is 27.8 Å². The van der Waals surface area contributed by atoms with Crippen molar-refractivity contribution >= 4 is 17.6 Å². The highest BCUT2D eigenvalue weighted by molar-refractivity contribution is 5.83. The van der Waals surface area contributed by atoms with Gasteiger partial charge in [-0.3, -0.25) is 19.9 Å². The maximum absolute atomic E-state index is 13.6. The largest absolute Gasteiger partial charge is 0.387 e. The SMILES string of the molecule is N=C(N)C1CCC2CC(C(=O)NC3CCC(N)CC3)N(CC3CCCC(NC(=O)CCN)C3)C2C1. The van der Waals surface area contributed by atoms with E-state index in [9.17, 15) is 9.59 Å². The van der Waals surface area contributed by atoms with Crippen LogP contribution in [0.5, 0.6) is 0 Å². The number of hydrogen-bond donors (Lipinski definition) is 6. The lowest BCUT2D eigenvalue weighted by Gasteiger charge is -2.40. The molecular formula is C26H47N7O2. The van der Waals surface area contributed by atoms with Crippen LogP contribution in [0, 0.1) is 23.2 Å². The Kier molecular flexibility index (Phi) is 9.05. The number of carbonyl (C=O) groups is 2. The fourth-order valence-corrected chi connectivity index (χ4v) is 7.22. The number of nitrogens with two attached hydrogens (primary N) is 3. The number of nitrogens with zero attached hydrogens (tertiary/aromatic N) is 1. The van der Waals surface area contributed by atoms with E-state index in [1.807, 2.05) is 0 Å². The molecule has 4 rings (SSSR count). The Hall–Kier alpha value is -1.71. The van der Waals surface area contributed by atoms with E-state index in [0.29, 0.717) is 30.8 Å². The third kappa shape index (κ3) is 6.74. The summed E-state index contributed by atoms with van der Waals surface area (Å²) >= 11 is 0. The Labute approximate surface area is 210 Å². The summed E-state index contributed by atoms with van der Waals surface area (Å²) in [6.07, 6.45) is 12.2. The van der Waals surface area contributed by atoms with Crippen LogP contribution in [0.15, 0.2) is 0 Å². The first kappa shape index (κ1) is 26.4. The Morgan fingerprint density at radius 2 is 1.69 bits per heavy atom. The van der Waals surface area contributed by atoms with Crippen LogP contribution in [0.1, 0.15) is 83.5 Å². The molecule has 0 radical (unpaired) electrons. The molecule has 6 unspecified atom stereocenters. The predicted octanol–water partition coefficient (Wildman–Crippen LogP) is 1.19. The summed E-state index contributed by atoms with van der Waals surface area (Å²) in [5.74, 6) is 1.56. The number of fused-ring (bicyclic) bond motifs is 1. The molecule has 9 heteroatoms. The van der Waals surface area contributed by atoms with E-state index in [4.69, 9.17) is 22.6 Å². The monoisotopic (exact) mass is 489 g/mol. The highest BCUT2D eigenvalue weighted by Crippen LogP contribution is 2.43. The zero-order valence-electron chi connectivity index (χ0n) is 21.2. The topological polar surface area (TPSA) is 163 Å². The van der Waals surface area contributed by atoms with Gasteiger partial charge in [-0.2, -0.15) is 0 Å². The van der Waals surface area contributed by atoms with Gasteiger partial charge in [0.2, 0.25) is 11.8 Å². The predicted molar refractivity (Wildman–Crippen MR) is 138 cm³/mol. The summed E-state index contributed by atoms with van der Waals surface area (Å²) < 4.78 is 0. The van der Waals surface area contributed by atoms with Crippen molar-refractivity contribution in [2.75, 3.05) is 13.1 Å². The molecule has 3 aliphatic carbocycles. The van der Waals surface area contributed by atoms with E-state index in [1.54, 1.807) is 0 Å². The van der Waals surface area contributed by atoms with Crippen molar-refractivity contribution in [1.82, 2.24) is 15.5 Å². The maximum Gasteiger partial charge on any atom is 0.237 e. The molecule has 4 fully saturated rings. The van der Waals surface area contributed by atoms with Crippen LogP contribution in [0.3, 0.4) is 0 Å². The molecular weight excluding hydrogens is 442 g/mol. The van der Waals surface area contributed by atoms with E-state index in [2.05, 4.69) is 15.5 Å². The summed E-state index contributed by atoms with van der Waals surface area (Å²) in [7, 11) is 0. The average Bonchev–Trinajstić information content (AvgIpc) is 3.18. The first-order valence-corrected chi connectivity index (χ1v) is 14.0. The second-order valence-electron chi connectivity index (χ2n) is 11.7. The molecule has 0 spiro atoms. The van der Waals surface area contributed by atoms with Gasteiger partial charge in [0.15, 0.2) is 0 Å². The summed E-state index contributed by atoms with van der Waals surface area (Å²) in [5, 5.41) is 14.6. The van der Waals surface area contributed by atoms with Crippen molar-refractivity contribution in [2.45, 2.75) is 114 Å². The van der Waals surface area contributed by atoms with Crippen molar-refractivity contribution in [3.63, 3.8) is 0 Å². The highest BCUT2D eigenvalue weighted by atomic mass is 16.2. The van der Waals surface area contributed by atoms with Crippen molar-refractivity contribution in [1.29, 1.82) is 5.41 Å². The van der Waals surface area contributed by atoms with Gasteiger partial charge in [-0.1, -0.05) is 6.42 Å². The van der Waals surface area contributed by atoms with Gasteiger partial charge in [-0.05, 0) is 82.5 Å². The quantitative estimate of drug-likeness (QED) is 0.221.